The number of ether oxygens (including phenoxy) is 1. The minimum Gasteiger partial charge on any atom is -0.377 e. The fourth-order valence-electron chi connectivity index (χ4n) is 0.764. The number of rotatable bonds is 2. The van der Waals surface area contributed by atoms with E-state index in [1.165, 1.54) is 0 Å². The van der Waals surface area contributed by atoms with Gasteiger partial charge in [-0.25, -0.2) is 4.98 Å². The number of hydrogen-bond donors (Lipinski definition) is 0. The fourth-order valence-corrected chi connectivity index (χ4v) is 0.998. The molecule has 0 unspecified atom stereocenters. The quantitative estimate of drug-likeness (QED) is 0.708. The van der Waals surface area contributed by atoms with Gasteiger partial charge in [-0.05, 0) is 34.5 Å². The van der Waals surface area contributed by atoms with Crippen LogP contribution in [0.4, 0.5) is 0 Å². The Morgan fingerprint density at radius 2 is 2.27 bits per heavy atom. The van der Waals surface area contributed by atoms with Crippen molar-refractivity contribution in [1.29, 1.82) is 0 Å². The van der Waals surface area contributed by atoms with E-state index in [1.54, 1.807) is 13.3 Å². The van der Waals surface area contributed by atoms with Gasteiger partial charge in [0.25, 0.3) is 0 Å². The van der Waals surface area contributed by atoms with Crippen LogP contribution in [-0.4, -0.2) is 12.1 Å². The second-order valence-corrected chi connectivity index (χ2v) is 3.10. The van der Waals surface area contributed by atoms with Gasteiger partial charge in [-0.15, -0.1) is 0 Å². The lowest BCUT2D eigenvalue weighted by molar-refractivity contribution is 0.119. The Bertz CT molecular complexity index is 222. The number of aromatic nitrogens is 1. The maximum Gasteiger partial charge on any atom is 0.106 e. The third-order valence-electron chi connectivity index (χ3n) is 1.57. The summed E-state index contributed by atoms with van der Waals surface area (Å²) in [6.45, 7) is 1.99. The van der Waals surface area contributed by atoms with Gasteiger partial charge in [-0.2, -0.15) is 0 Å². The molecule has 0 spiro atoms. The van der Waals surface area contributed by atoms with Crippen molar-refractivity contribution in [2.24, 2.45) is 0 Å². The number of methoxy groups -OCH3 is 1. The van der Waals surface area contributed by atoms with Crippen molar-refractivity contribution in [3.05, 3.63) is 28.5 Å². The fraction of sp³-hybridized carbons (Fsp3) is 0.375. The molecule has 0 bridgehead atoms. The van der Waals surface area contributed by atoms with Crippen molar-refractivity contribution in [3.63, 3.8) is 0 Å². The molecule has 1 aromatic rings. The van der Waals surface area contributed by atoms with Gasteiger partial charge in [0, 0.05) is 13.3 Å². The molecule has 60 valence electrons. The first kappa shape index (κ1) is 8.68. The predicted octanol–water partition coefficient (Wildman–Crippen LogP) is 2.55. The zero-order valence-electron chi connectivity index (χ0n) is 6.54. The van der Waals surface area contributed by atoms with Crippen LogP contribution in [-0.2, 0) is 4.74 Å². The van der Waals surface area contributed by atoms with Crippen LogP contribution in [0.25, 0.3) is 0 Å². The molecule has 11 heavy (non-hydrogen) atoms. The highest BCUT2D eigenvalue weighted by Gasteiger charge is 2.02. The first-order valence-corrected chi connectivity index (χ1v) is 4.17. The Morgan fingerprint density at radius 3 is 2.73 bits per heavy atom. The van der Waals surface area contributed by atoms with Gasteiger partial charge in [0.05, 0.1) is 6.10 Å². The highest BCUT2D eigenvalue weighted by molar-refractivity contribution is 9.10. The van der Waals surface area contributed by atoms with Crippen LogP contribution in [0.3, 0.4) is 0 Å². The summed E-state index contributed by atoms with van der Waals surface area (Å²) < 4.78 is 5.97. The second kappa shape index (κ2) is 3.83. The van der Waals surface area contributed by atoms with Crippen LogP contribution >= 0.6 is 15.9 Å². The molecule has 3 heteroatoms. The maximum atomic E-state index is 5.12. The number of pyridine rings is 1. The summed E-state index contributed by atoms with van der Waals surface area (Å²) in [5.41, 5.74) is 1.09. The molecule has 1 atom stereocenters. The van der Waals surface area contributed by atoms with Crippen molar-refractivity contribution in [3.8, 4) is 0 Å². The molecule has 0 saturated heterocycles. The Morgan fingerprint density at radius 1 is 1.55 bits per heavy atom. The SMILES string of the molecule is CO[C@@H](C)c1ccc(Br)nc1. The standard InChI is InChI=1S/C8H10BrNO/c1-6(11-2)7-3-4-8(9)10-5-7/h3-6H,1-2H3/t6-/m0/s1. The average Bonchev–Trinajstić information content (AvgIpc) is 2.05. The zero-order valence-corrected chi connectivity index (χ0v) is 8.13. The van der Waals surface area contributed by atoms with Crippen LogP contribution in [0.2, 0.25) is 0 Å². The molecule has 0 amide bonds. The van der Waals surface area contributed by atoms with Gasteiger partial charge in [0.15, 0.2) is 0 Å². The van der Waals surface area contributed by atoms with Crippen LogP contribution in [0, 0.1) is 0 Å². The summed E-state index contributed by atoms with van der Waals surface area (Å²) in [6.07, 6.45) is 1.92. The molecule has 0 aliphatic heterocycles. The highest BCUT2D eigenvalue weighted by Crippen LogP contribution is 2.15. The van der Waals surface area contributed by atoms with Crippen molar-refractivity contribution in [2.45, 2.75) is 13.0 Å². The minimum absolute atomic E-state index is 0.121. The van der Waals surface area contributed by atoms with Crippen molar-refractivity contribution in [1.82, 2.24) is 4.98 Å². The van der Waals surface area contributed by atoms with E-state index in [0.29, 0.717) is 0 Å². The third kappa shape index (κ3) is 2.27. The van der Waals surface area contributed by atoms with Gasteiger partial charge in [-0.3, -0.25) is 0 Å². The van der Waals surface area contributed by atoms with E-state index in [0.717, 1.165) is 10.2 Å². The topological polar surface area (TPSA) is 22.1 Å². The Balaban J connectivity index is 2.81. The van der Waals surface area contributed by atoms with Gasteiger partial charge >= 0.3 is 0 Å². The molecule has 2 nitrogen and oxygen atoms in total. The van der Waals surface area contributed by atoms with Crippen LogP contribution in [0.15, 0.2) is 22.9 Å². The van der Waals surface area contributed by atoms with Crippen molar-refractivity contribution in [2.75, 3.05) is 7.11 Å². The van der Waals surface area contributed by atoms with E-state index in [4.69, 9.17) is 4.74 Å². The molecule has 1 heterocycles. The summed E-state index contributed by atoms with van der Waals surface area (Å²) in [7, 11) is 1.69. The lowest BCUT2D eigenvalue weighted by Gasteiger charge is -2.07. The first-order valence-electron chi connectivity index (χ1n) is 3.38. The van der Waals surface area contributed by atoms with E-state index in [9.17, 15) is 0 Å². The predicted molar refractivity (Wildman–Crippen MR) is 47.4 cm³/mol. The van der Waals surface area contributed by atoms with E-state index in [1.807, 2.05) is 19.1 Å². The number of nitrogens with zero attached hydrogens (tertiary/aromatic N) is 1. The van der Waals surface area contributed by atoms with Crippen molar-refractivity contribution < 1.29 is 4.74 Å². The lowest BCUT2D eigenvalue weighted by atomic mass is 10.2. The van der Waals surface area contributed by atoms with Gasteiger partial charge < -0.3 is 4.74 Å². The number of hydrogen-bond acceptors (Lipinski definition) is 2. The molecule has 1 rings (SSSR count). The third-order valence-corrected chi connectivity index (χ3v) is 2.04. The van der Waals surface area contributed by atoms with E-state index < -0.39 is 0 Å². The smallest absolute Gasteiger partial charge is 0.106 e. The normalized spacial score (nSPS) is 13.0. The summed E-state index contributed by atoms with van der Waals surface area (Å²) in [5, 5.41) is 0. The van der Waals surface area contributed by atoms with E-state index >= 15 is 0 Å². The average molecular weight is 216 g/mol. The maximum absolute atomic E-state index is 5.12. The van der Waals surface area contributed by atoms with Gasteiger partial charge in [0.2, 0.25) is 0 Å². The molecule has 0 radical (unpaired) electrons. The van der Waals surface area contributed by atoms with Crippen LogP contribution < -0.4 is 0 Å². The first-order chi connectivity index (χ1) is 5.24. The molecular formula is C8H10BrNO. The largest absolute Gasteiger partial charge is 0.377 e. The molecule has 0 aliphatic carbocycles. The minimum atomic E-state index is 0.121. The lowest BCUT2D eigenvalue weighted by Crippen LogP contribution is -1.95. The molecular weight excluding hydrogens is 206 g/mol. The Hall–Kier alpha value is -0.410. The highest BCUT2D eigenvalue weighted by atomic mass is 79.9. The van der Waals surface area contributed by atoms with Crippen LogP contribution in [0.5, 0.6) is 0 Å². The molecule has 0 saturated carbocycles. The molecule has 0 fully saturated rings. The Kier molecular flexibility index (Phi) is 3.02. The van der Waals surface area contributed by atoms with E-state index in [-0.39, 0.29) is 6.10 Å². The second-order valence-electron chi connectivity index (χ2n) is 2.29. The monoisotopic (exact) mass is 215 g/mol. The molecule has 0 aliphatic rings. The zero-order chi connectivity index (χ0) is 8.27. The Labute approximate surface area is 74.7 Å². The van der Waals surface area contributed by atoms with Gasteiger partial charge in [0.1, 0.15) is 4.60 Å². The van der Waals surface area contributed by atoms with Gasteiger partial charge in [-0.1, -0.05) is 6.07 Å². The number of halogens is 1. The summed E-state index contributed by atoms with van der Waals surface area (Å²) in [6, 6.07) is 3.90. The molecule has 0 aromatic carbocycles. The van der Waals surface area contributed by atoms with Crippen LogP contribution in [0.1, 0.15) is 18.6 Å². The summed E-state index contributed by atoms with van der Waals surface area (Å²) in [4.78, 5) is 4.08. The summed E-state index contributed by atoms with van der Waals surface area (Å²) in [5.74, 6) is 0. The molecule has 0 N–H and O–H groups in total. The van der Waals surface area contributed by atoms with E-state index in [2.05, 4.69) is 20.9 Å². The van der Waals surface area contributed by atoms with Crippen molar-refractivity contribution >= 4 is 15.9 Å². The summed E-state index contributed by atoms with van der Waals surface area (Å²) >= 11 is 3.26. The molecule has 1 aromatic heterocycles.